The van der Waals surface area contributed by atoms with Crippen LogP contribution in [-0.4, -0.2) is 73.9 Å². The van der Waals surface area contributed by atoms with Crippen molar-refractivity contribution in [1.82, 2.24) is 15.0 Å². The number of rotatable bonds is 4. The molecule has 0 radical (unpaired) electrons. The highest BCUT2D eigenvalue weighted by atomic mass is 35.5. The minimum atomic E-state index is -1.27. The Balaban J connectivity index is 1.39. The molecule has 1 aromatic heterocycles. The van der Waals surface area contributed by atoms with E-state index in [1.54, 1.807) is 12.1 Å². The Hall–Kier alpha value is -6.80. The molecule has 10 N–H and O–H groups in total. The molecule has 0 fully saturated rings. The molecule has 0 atom stereocenters. The third-order valence-corrected chi connectivity index (χ3v) is 8.73. The van der Waals surface area contributed by atoms with Crippen LogP contribution >= 0.6 is 11.6 Å². The molecule has 15 heteroatoms. The second-order valence-electron chi connectivity index (χ2n) is 11.3. The summed E-state index contributed by atoms with van der Waals surface area (Å²) in [5.74, 6) is -11.7. The molecule has 0 aliphatic rings. The van der Waals surface area contributed by atoms with Crippen LogP contribution in [-0.2, 0) is 0 Å². The summed E-state index contributed by atoms with van der Waals surface area (Å²) < 4.78 is 0. The van der Waals surface area contributed by atoms with E-state index in [0.717, 1.165) is 21.9 Å². The predicted octanol–water partition coefficient (Wildman–Crippen LogP) is 4.81. The summed E-state index contributed by atoms with van der Waals surface area (Å²) in [6, 6.07) is 21.1. The molecule has 0 aliphatic carbocycles. The summed E-state index contributed by atoms with van der Waals surface area (Å²) >= 11 is 6.26. The van der Waals surface area contributed by atoms with Gasteiger partial charge in [-0.05, 0) is 33.5 Å². The van der Waals surface area contributed by atoms with E-state index in [9.17, 15) is 51.1 Å². The molecular weight excluding hydrogens is 669 g/mol. The first-order chi connectivity index (χ1) is 23.8. The number of benzene rings is 6. The molecule has 13 nitrogen and oxygen atoms in total. The Kier molecular flexibility index (Phi) is 7.26. The summed E-state index contributed by atoms with van der Waals surface area (Å²) in [6.45, 7) is 0. The predicted molar refractivity (Wildman–Crippen MR) is 186 cm³/mol. The van der Waals surface area contributed by atoms with Crippen molar-refractivity contribution in [3.8, 4) is 103 Å². The second-order valence-corrected chi connectivity index (χ2v) is 11.7. The molecule has 0 bridgehead atoms. The van der Waals surface area contributed by atoms with Gasteiger partial charge < -0.3 is 51.1 Å². The van der Waals surface area contributed by atoms with Crippen LogP contribution in [0.1, 0.15) is 0 Å². The van der Waals surface area contributed by atoms with Gasteiger partial charge in [0, 0.05) is 16.5 Å². The number of aromatic hydroxyl groups is 10. The first kappa shape index (κ1) is 31.8. The van der Waals surface area contributed by atoms with Gasteiger partial charge in [0.1, 0.15) is 19.2 Å². The molecule has 0 unspecified atom stereocenters. The van der Waals surface area contributed by atoms with Crippen LogP contribution in [0.25, 0.3) is 66.6 Å². The molecule has 7 rings (SSSR count). The van der Waals surface area contributed by atoms with Crippen molar-refractivity contribution in [3.05, 3.63) is 72.0 Å². The fourth-order valence-electron chi connectivity index (χ4n) is 6.15. The van der Waals surface area contributed by atoms with Crippen LogP contribution in [0, 0.1) is 0 Å². The van der Waals surface area contributed by atoms with E-state index in [1.165, 1.54) is 7.85 Å². The molecule has 1 heterocycles. The zero-order valence-electron chi connectivity index (χ0n) is 25.5. The van der Waals surface area contributed by atoms with E-state index < -0.39 is 90.8 Å². The van der Waals surface area contributed by atoms with Crippen molar-refractivity contribution >= 4 is 46.5 Å². The Morgan fingerprint density at radius 2 is 0.960 bits per heavy atom. The lowest BCUT2D eigenvalue weighted by atomic mass is 9.79. The van der Waals surface area contributed by atoms with Crippen molar-refractivity contribution < 1.29 is 51.1 Å². The van der Waals surface area contributed by atoms with Crippen LogP contribution in [0.2, 0.25) is 5.28 Å². The van der Waals surface area contributed by atoms with Gasteiger partial charge in [-0.2, -0.15) is 9.97 Å². The average molecular weight is 692 g/mol. The zero-order chi connectivity index (χ0) is 35.8. The topological polar surface area (TPSA) is 241 Å². The molecule has 0 amide bonds. The molecular formula is C35H23BClN3O10. The smallest absolute Gasteiger partial charge is 0.226 e. The molecule has 6 aromatic carbocycles. The second kappa shape index (κ2) is 11.4. The van der Waals surface area contributed by atoms with Gasteiger partial charge in [-0.1, -0.05) is 72.2 Å². The minimum absolute atomic E-state index is 0.0272. The highest BCUT2D eigenvalue weighted by Gasteiger charge is 2.33. The monoisotopic (exact) mass is 691 g/mol. The minimum Gasteiger partial charge on any atom is -0.506 e. The van der Waals surface area contributed by atoms with E-state index in [2.05, 4.69) is 15.0 Å². The lowest BCUT2D eigenvalue weighted by Crippen LogP contribution is -2.10. The lowest BCUT2D eigenvalue weighted by molar-refractivity contribution is 0.329. The highest BCUT2D eigenvalue weighted by Crippen LogP contribution is 2.59. The van der Waals surface area contributed by atoms with Gasteiger partial charge in [-0.25, -0.2) is 4.98 Å². The van der Waals surface area contributed by atoms with Crippen LogP contribution in [0.3, 0.4) is 0 Å². The third kappa shape index (κ3) is 4.61. The summed E-state index contributed by atoms with van der Waals surface area (Å²) in [6.07, 6.45) is 0. The zero-order valence-corrected chi connectivity index (χ0v) is 26.3. The van der Waals surface area contributed by atoms with Crippen LogP contribution in [0.5, 0.6) is 57.5 Å². The van der Waals surface area contributed by atoms with E-state index in [-0.39, 0.29) is 16.6 Å². The van der Waals surface area contributed by atoms with Crippen molar-refractivity contribution in [3.63, 3.8) is 0 Å². The molecule has 0 saturated heterocycles. The fourth-order valence-corrected chi connectivity index (χ4v) is 6.31. The largest absolute Gasteiger partial charge is 0.506 e. The Morgan fingerprint density at radius 1 is 0.440 bits per heavy atom. The first-order valence-corrected chi connectivity index (χ1v) is 15.0. The third-order valence-electron chi connectivity index (χ3n) is 8.57. The van der Waals surface area contributed by atoms with Crippen molar-refractivity contribution in [1.29, 1.82) is 0 Å². The van der Waals surface area contributed by atoms with E-state index in [0.29, 0.717) is 5.56 Å². The Bertz CT molecular complexity index is 2550. The van der Waals surface area contributed by atoms with Crippen molar-refractivity contribution in [2.75, 3.05) is 0 Å². The van der Waals surface area contributed by atoms with Gasteiger partial charge in [0.15, 0.2) is 46.1 Å². The quantitative estimate of drug-likeness (QED) is 0.0678. The molecule has 248 valence electrons. The Morgan fingerprint density at radius 3 is 1.64 bits per heavy atom. The summed E-state index contributed by atoms with van der Waals surface area (Å²) in [5, 5.41) is 108. The number of aromatic nitrogens is 3. The van der Waals surface area contributed by atoms with Crippen LogP contribution < -0.4 is 5.46 Å². The standard InChI is InChI=1S/C35H23BClN3O10/c36-22-17-19(26(44)24(42)18(22)20-27(45)30(48)32(50)31(49)28(20)46)23(41)21(29(47)25(17)43)34-38-33(39-35(37)40-34)14-10-8-13(9-11-14)16-7-3-5-12-4-1-2-6-15(12)16/h1-11,41-50H,36H2. The van der Waals surface area contributed by atoms with Gasteiger partial charge in [0.2, 0.25) is 22.5 Å². The van der Waals surface area contributed by atoms with Gasteiger partial charge in [-0.3, -0.25) is 0 Å². The van der Waals surface area contributed by atoms with Gasteiger partial charge >= 0.3 is 0 Å². The van der Waals surface area contributed by atoms with E-state index in [1.807, 2.05) is 54.6 Å². The van der Waals surface area contributed by atoms with Gasteiger partial charge in [-0.15, -0.1) is 0 Å². The number of phenols is 10. The number of phenolic OH excluding ortho intramolecular Hbond substituents is 10. The number of nitrogens with zero attached hydrogens (tertiary/aromatic N) is 3. The van der Waals surface area contributed by atoms with Crippen molar-refractivity contribution in [2.45, 2.75) is 0 Å². The summed E-state index contributed by atoms with van der Waals surface area (Å²) in [5.41, 5.74) is 0.00909. The highest BCUT2D eigenvalue weighted by molar-refractivity contribution is 6.45. The maximum atomic E-state index is 11.4. The number of hydrogen-bond donors (Lipinski definition) is 10. The molecule has 0 aliphatic heterocycles. The summed E-state index contributed by atoms with van der Waals surface area (Å²) in [7, 11) is 1.20. The fraction of sp³-hybridized carbons (Fsp3) is 0. The maximum Gasteiger partial charge on any atom is 0.226 e. The SMILES string of the molecule is Bc1c(-c2c(O)c(O)c(O)c(O)c2O)c(O)c(O)c2c(O)c(-c3nc(Cl)nc(-c4ccc(-c5cccc6ccccc56)cc4)n3)c(O)c(O)c12. The van der Waals surface area contributed by atoms with E-state index >= 15 is 0 Å². The first-order valence-electron chi connectivity index (χ1n) is 14.7. The van der Waals surface area contributed by atoms with Crippen LogP contribution in [0.15, 0.2) is 66.7 Å². The maximum absolute atomic E-state index is 11.4. The average Bonchev–Trinajstić information content (AvgIpc) is 3.11. The van der Waals surface area contributed by atoms with Gasteiger partial charge in [0.05, 0.1) is 10.9 Å². The molecule has 50 heavy (non-hydrogen) atoms. The van der Waals surface area contributed by atoms with Crippen molar-refractivity contribution in [2.24, 2.45) is 0 Å². The molecule has 0 saturated carbocycles. The normalized spacial score (nSPS) is 11.4. The lowest BCUT2D eigenvalue weighted by Gasteiger charge is -2.21. The van der Waals surface area contributed by atoms with Crippen LogP contribution in [0.4, 0.5) is 0 Å². The Labute approximate surface area is 286 Å². The van der Waals surface area contributed by atoms with E-state index in [4.69, 9.17) is 11.6 Å². The number of halogens is 1. The van der Waals surface area contributed by atoms with Gasteiger partial charge in [0.25, 0.3) is 0 Å². The number of hydrogen-bond acceptors (Lipinski definition) is 13. The number of fused-ring (bicyclic) bond motifs is 2. The molecule has 0 spiro atoms. The summed E-state index contributed by atoms with van der Waals surface area (Å²) in [4.78, 5) is 12.5. The molecule has 7 aromatic rings.